The zero-order valence-corrected chi connectivity index (χ0v) is 8.56. The first-order valence-electron chi connectivity index (χ1n) is 4.88. The van der Waals surface area contributed by atoms with Crippen molar-refractivity contribution in [2.75, 3.05) is 4.90 Å². The van der Waals surface area contributed by atoms with Crippen LogP contribution in [-0.2, 0) is 4.79 Å². The molecule has 0 aromatic heterocycles. The molecule has 1 aromatic carbocycles. The number of carbonyl (C=O) groups is 1. The molecule has 0 spiro atoms. The van der Waals surface area contributed by atoms with E-state index in [0.717, 1.165) is 5.69 Å². The van der Waals surface area contributed by atoms with Gasteiger partial charge in [0.15, 0.2) is 0 Å². The lowest BCUT2D eigenvalue weighted by molar-refractivity contribution is -0.114. The molecule has 1 amide bonds. The van der Waals surface area contributed by atoms with E-state index in [1.54, 1.807) is 23.2 Å². The van der Waals surface area contributed by atoms with E-state index in [0.29, 0.717) is 12.0 Å². The highest BCUT2D eigenvalue weighted by Crippen LogP contribution is 2.20. The van der Waals surface area contributed by atoms with Gasteiger partial charge in [-0.05, 0) is 30.7 Å². The molecule has 0 saturated carbocycles. The fraction of sp³-hybridized carbons (Fsp3) is 0.0833. The zero-order chi connectivity index (χ0) is 11.5. The third kappa shape index (κ3) is 2.11. The topological polar surface area (TPSA) is 46.3 Å². The lowest BCUT2D eigenvalue weighted by atomic mass is 10.1. The Morgan fingerprint density at radius 2 is 2.00 bits per heavy atom. The highest BCUT2D eigenvalue weighted by Gasteiger charge is 2.10. The fourth-order valence-electron chi connectivity index (χ4n) is 1.49. The van der Waals surface area contributed by atoms with Crippen molar-refractivity contribution in [2.45, 2.75) is 6.42 Å². The Morgan fingerprint density at radius 1 is 1.31 bits per heavy atom. The minimum atomic E-state index is -0.434. The van der Waals surface area contributed by atoms with E-state index in [1.807, 2.05) is 12.3 Å². The quantitative estimate of drug-likeness (QED) is 0.824. The summed E-state index contributed by atoms with van der Waals surface area (Å²) in [4.78, 5) is 12.8. The smallest absolute Gasteiger partial charge is 0.246 e. The number of allylic oxidation sites excluding steroid dienone is 1. The number of hydrogen-bond acceptors (Lipinski definition) is 2. The molecule has 2 N–H and O–H groups in total. The second kappa shape index (κ2) is 4.18. The molecule has 0 unspecified atom stereocenters. The normalized spacial score (nSPS) is 14.8. The zero-order valence-electron chi connectivity index (χ0n) is 8.56. The molecular formula is C12H11FN2O. The molecule has 1 heterocycles. The molecule has 3 nitrogen and oxygen atoms in total. The molecule has 0 aliphatic carbocycles. The van der Waals surface area contributed by atoms with Crippen LogP contribution in [0.4, 0.5) is 10.1 Å². The summed E-state index contributed by atoms with van der Waals surface area (Å²) in [5, 5.41) is 0. The second-order valence-corrected chi connectivity index (χ2v) is 3.49. The monoisotopic (exact) mass is 218 g/mol. The number of anilines is 1. The Balaban J connectivity index is 2.27. The number of primary amides is 1. The second-order valence-electron chi connectivity index (χ2n) is 3.49. The number of nitrogens with zero attached hydrogens (tertiary/aromatic N) is 1. The van der Waals surface area contributed by atoms with Crippen molar-refractivity contribution >= 4 is 11.6 Å². The fourth-order valence-corrected chi connectivity index (χ4v) is 1.49. The summed E-state index contributed by atoms with van der Waals surface area (Å²) in [5.41, 5.74) is 6.53. The molecule has 0 saturated heterocycles. The summed E-state index contributed by atoms with van der Waals surface area (Å²) in [6, 6.07) is 6.02. The van der Waals surface area contributed by atoms with E-state index in [2.05, 4.69) is 0 Å². The van der Waals surface area contributed by atoms with E-state index >= 15 is 0 Å². The van der Waals surface area contributed by atoms with Crippen LogP contribution in [0.3, 0.4) is 0 Å². The highest BCUT2D eigenvalue weighted by atomic mass is 19.1. The summed E-state index contributed by atoms with van der Waals surface area (Å²) < 4.78 is 12.7. The van der Waals surface area contributed by atoms with Gasteiger partial charge in [-0.2, -0.15) is 0 Å². The van der Waals surface area contributed by atoms with E-state index in [9.17, 15) is 9.18 Å². The molecule has 1 aliphatic rings. The number of halogens is 1. The molecule has 0 bridgehead atoms. The van der Waals surface area contributed by atoms with Crippen LogP contribution >= 0.6 is 0 Å². The number of hydrogen-bond donors (Lipinski definition) is 1. The maximum Gasteiger partial charge on any atom is 0.246 e. The van der Waals surface area contributed by atoms with Crippen LogP contribution in [0.2, 0.25) is 0 Å². The number of rotatable bonds is 2. The minimum Gasteiger partial charge on any atom is -0.366 e. The van der Waals surface area contributed by atoms with Gasteiger partial charge in [0.1, 0.15) is 5.82 Å². The Morgan fingerprint density at radius 3 is 2.62 bits per heavy atom. The standard InChI is InChI=1S/C12H11FN2O/c13-10-3-5-11(6-4-10)15-7-1-2-9(8-15)12(14)16/h1,3-8H,2H2,(H2,14,16). The van der Waals surface area contributed by atoms with Crippen LogP contribution in [0, 0.1) is 5.82 Å². The average Bonchev–Trinajstić information content (AvgIpc) is 2.30. The van der Waals surface area contributed by atoms with Crippen molar-refractivity contribution in [1.82, 2.24) is 0 Å². The third-order valence-electron chi connectivity index (χ3n) is 2.34. The SMILES string of the molecule is NC(=O)C1=CN(c2ccc(F)cc2)C=CC1. The Bertz CT molecular complexity index is 462. The van der Waals surface area contributed by atoms with Gasteiger partial charge < -0.3 is 10.6 Å². The molecule has 0 atom stereocenters. The Kier molecular flexibility index (Phi) is 2.72. The molecule has 1 aliphatic heterocycles. The summed E-state index contributed by atoms with van der Waals surface area (Å²) in [7, 11) is 0. The number of amides is 1. The van der Waals surface area contributed by atoms with Crippen LogP contribution in [0.15, 0.2) is 48.3 Å². The van der Waals surface area contributed by atoms with Gasteiger partial charge in [0.05, 0.1) is 0 Å². The van der Waals surface area contributed by atoms with Crippen LogP contribution in [0.1, 0.15) is 6.42 Å². The van der Waals surface area contributed by atoms with Crippen molar-refractivity contribution in [3.05, 3.63) is 54.1 Å². The van der Waals surface area contributed by atoms with Crippen molar-refractivity contribution in [3.63, 3.8) is 0 Å². The van der Waals surface area contributed by atoms with Gasteiger partial charge in [0.25, 0.3) is 0 Å². The van der Waals surface area contributed by atoms with Gasteiger partial charge in [0.2, 0.25) is 5.91 Å². The molecule has 2 rings (SSSR count). The van der Waals surface area contributed by atoms with E-state index in [4.69, 9.17) is 5.73 Å². The summed E-state index contributed by atoms with van der Waals surface area (Å²) in [6.07, 6.45) is 5.85. The first-order valence-corrected chi connectivity index (χ1v) is 4.88. The molecule has 4 heteroatoms. The van der Waals surface area contributed by atoms with Crippen LogP contribution in [0.5, 0.6) is 0 Å². The maximum atomic E-state index is 12.7. The molecule has 0 fully saturated rings. The molecule has 16 heavy (non-hydrogen) atoms. The molecular weight excluding hydrogens is 207 g/mol. The van der Waals surface area contributed by atoms with Crippen LogP contribution in [-0.4, -0.2) is 5.91 Å². The van der Waals surface area contributed by atoms with E-state index in [-0.39, 0.29) is 5.82 Å². The lowest BCUT2D eigenvalue weighted by Gasteiger charge is -2.20. The van der Waals surface area contributed by atoms with Crippen LogP contribution < -0.4 is 10.6 Å². The average molecular weight is 218 g/mol. The Hall–Kier alpha value is -2.10. The van der Waals surface area contributed by atoms with Gasteiger partial charge in [0, 0.05) is 23.7 Å². The maximum absolute atomic E-state index is 12.7. The van der Waals surface area contributed by atoms with Crippen molar-refractivity contribution in [1.29, 1.82) is 0 Å². The third-order valence-corrected chi connectivity index (χ3v) is 2.34. The number of benzene rings is 1. The largest absolute Gasteiger partial charge is 0.366 e. The summed E-state index contributed by atoms with van der Waals surface area (Å²) in [6.45, 7) is 0. The highest BCUT2D eigenvalue weighted by molar-refractivity contribution is 5.93. The summed E-state index contributed by atoms with van der Waals surface area (Å²) in [5.74, 6) is -0.722. The molecule has 82 valence electrons. The minimum absolute atomic E-state index is 0.288. The predicted octanol–water partition coefficient (Wildman–Crippen LogP) is 1.92. The first-order chi connectivity index (χ1) is 7.66. The van der Waals surface area contributed by atoms with Crippen molar-refractivity contribution in [2.24, 2.45) is 5.73 Å². The van der Waals surface area contributed by atoms with Gasteiger partial charge in [-0.25, -0.2) is 4.39 Å². The van der Waals surface area contributed by atoms with Gasteiger partial charge in [-0.1, -0.05) is 6.08 Å². The van der Waals surface area contributed by atoms with Gasteiger partial charge >= 0.3 is 0 Å². The van der Waals surface area contributed by atoms with Crippen molar-refractivity contribution < 1.29 is 9.18 Å². The van der Waals surface area contributed by atoms with E-state index in [1.165, 1.54) is 12.1 Å². The van der Waals surface area contributed by atoms with E-state index < -0.39 is 5.91 Å². The van der Waals surface area contributed by atoms with Crippen LogP contribution in [0.25, 0.3) is 0 Å². The van der Waals surface area contributed by atoms with Gasteiger partial charge in [-0.15, -0.1) is 0 Å². The molecule has 0 radical (unpaired) electrons. The molecule has 1 aromatic rings. The number of nitrogens with two attached hydrogens (primary N) is 1. The predicted molar refractivity (Wildman–Crippen MR) is 59.9 cm³/mol. The van der Waals surface area contributed by atoms with Crippen molar-refractivity contribution in [3.8, 4) is 0 Å². The lowest BCUT2D eigenvalue weighted by Crippen LogP contribution is -2.20. The Labute approximate surface area is 92.7 Å². The van der Waals surface area contributed by atoms with Gasteiger partial charge in [-0.3, -0.25) is 4.79 Å². The summed E-state index contributed by atoms with van der Waals surface area (Å²) >= 11 is 0. The first kappa shape index (κ1) is 10.4. The number of carbonyl (C=O) groups excluding carboxylic acids is 1.